The minimum atomic E-state index is -4.81. The molecule has 164 valence electrons. The smallest absolute Gasteiger partial charge is 0.348 e. The Morgan fingerprint density at radius 1 is 1.12 bits per heavy atom. The Morgan fingerprint density at radius 3 is 2.56 bits per heavy atom. The summed E-state index contributed by atoms with van der Waals surface area (Å²) in [6.07, 6.45) is -4.51. The zero-order valence-corrected chi connectivity index (χ0v) is 17.1. The van der Waals surface area contributed by atoms with E-state index >= 15 is 0 Å². The number of carbonyl (C=O) groups is 2. The quantitative estimate of drug-likeness (QED) is 0.542. The Labute approximate surface area is 185 Å². The summed E-state index contributed by atoms with van der Waals surface area (Å²) in [4.78, 5) is 27.1. The lowest BCUT2D eigenvalue weighted by Gasteiger charge is -2.30. The van der Waals surface area contributed by atoms with Crippen LogP contribution in [0.1, 0.15) is 39.9 Å². The van der Waals surface area contributed by atoms with Crippen molar-refractivity contribution in [3.05, 3.63) is 58.4 Å². The van der Waals surface area contributed by atoms with Crippen molar-refractivity contribution in [3.8, 4) is 6.07 Å². The number of halogens is 4. The minimum absolute atomic E-state index is 0.00803. The van der Waals surface area contributed by atoms with Crippen molar-refractivity contribution in [2.75, 3.05) is 16.3 Å². The molecule has 32 heavy (non-hydrogen) atoms. The highest BCUT2D eigenvalue weighted by Gasteiger charge is 2.36. The molecule has 0 spiro atoms. The first-order valence-electron chi connectivity index (χ1n) is 9.48. The van der Waals surface area contributed by atoms with Crippen LogP contribution in [0, 0.1) is 17.1 Å². The second-order valence-electron chi connectivity index (χ2n) is 7.24. The summed E-state index contributed by atoms with van der Waals surface area (Å²) in [6.45, 7) is 0.254. The molecule has 4 rings (SSSR count). The maximum absolute atomic E-state index is 14.6. The number of carbonyl (C=O) groups excluding carboxylic acids is 2. The van der Waals surface area contributed by atoms with Crippen molar-refractivity contribution in [2.24, 2.45) is 0 Å². The number of thiocarbonyl (C=S) groups is 1. The number of amides is 2. The maximum atomic E-state index is 14.6. The van der Waals surface area contributed by atoms with Gasteiger partial charge in [-0.2, -0.15) is 18.4 Å². The fraction of sp³-hybridized carbons (Fsp3) is 0.238. The Kier molecular flexibility index (Phi) is 5.34. The lowest BCUT2D eigenvalue weighted by molar-refractivity contribution is -0.137. The van der Waals surface area contributed by atoms with Gasteiger partial charge in [-0.3, -0.25) is 14.5 Å². The zero-order valence-electron chi connectivity index (χ0n) is 16.3. The summed E-state index contributed by atoms with van der Waals surface area (Å²) in [5.41, 5.74) is -1.36. The van der Waals surface area contributed by atoms with Gasteiger partial charge in [0.15, 0.2) is 5.11 Å². The Hall–Kier alpha value is -3.52. The molecule has 11 heteroatoms. The SMILES string of the molecule is N#Cc1ccc(N2C(=O)CCCN(c3cc(F)c4c(c3)C(=O)NC4)C2=S)cc1C(F)(F)F. The van der Waals surface area contributed by atoms with E-state index in [0.717, 1.165) is 11.0 Å². The normalized spacial score (nSPS) is 16.5. The van der Waals surface area contributed by atoms with Gasteiger partial charge in [0.1, 0.15) is 5.82 Å². The largest absolute Gasteiger partial charge is 0.417 e. The molecule has 0 radical (unpaired) electrons. The van der Waals surface area contributed by atoms with Gasteiger partial charge in [-0.25, -0.2) is 4.39 Å². The Balaban J connectivity index is 1.78. The second-order valence-corrected chi connectivity index (χ2v) is 7.61. The third-order valence-corrected chi connectivity index (χ3v) is 5.70. The van der Waals surface area contributed by atoms with E-state index in [1.165, 1.54) is 29.2 Å². The first kappa shape index (κ1) is 21.7. The van der Waals surface area contributed by atoms with Crippen LogP contribution in [0.5, 0.6) is 0 Å². The first-order chi connectivity index (χ1) is 15.1. The molecule has 2 heterocycles. The van der Waals surface area contributed by atoms with E-state index in [1.54, 1.807) is 0 Å². The summed E-state index contributed by atoms with van der Waals surface area (Å²) in [6, 6.07) is 6.99. The van der Waals surface area contributed by atoms with Crippen LogP contribution < -0.4 is 15.1 Å². The van der Waals surface area contributed by atoms with Gasteiger partial charge in [0, 0.05) is 36.3 Å². The van der Waals surface area contributed by atoms with Crippen molar-refractivity contribution in [3.63, 3.8) is 0 Å². The number of anilines is 2. The second kappa shape index (κ2) is 7.87. The van der Waals surface area contributed by atoms with Gasteiger partial charge >= 0.3 is 6.18 Å². The van der Waals surface area contributed by atoms with Crippen LogP contribution in [0.3, 0.4) is 0 Å². The number of hydrogen-bond acceptors (Lipinski definition) is 4. The van der Waals surface area contributed by atoms with Crippen molar-refractivity contribution < 1.29 is 27.2 Å². The standard InChI is InChI=1S/C21H14F4N4O2S/c22-17-8-13(6-14-15(17)10-27-19(14)31)28-5-1-2-18(30)29(20(28)32)12-4-3-11(9-26)16(7-12)21(23,24)25/h3-4,6-8H,1-2,5,10H2,(H,27,31). The molecule has 2 aliphatic heterocycles. The van der Waals surface area contributed by atoms with E-state index in [9.17, 15) is 27.2 Å². The van der Waals surface area contributed by atoms with Crippen molar-refractivity contribution in [1.82, 2.24) is 5.32 Å². The molecule has 0 aromatic heterocycles. The third-order valence-electron chi connectivity index (χ3n) is 5.29. The molecule has 2 aliphatic rings. The number of rotatable bonds is 2. The number of alkyl halides is 3. The summed E-state index contributed by atoms with van der Waals surface area (Å²) in [5, 5.41) is 11.4. The van der Waals surface area contributed by atoms with Crippen molar-refractivity contribution in [1.29, 1.82) is 5.26 Å². The molecule has 0 bridgehead atoms. The number of nitriles is 1. The highest BCUT2D eigenvalue weighted by Crippen LogP contribution is 2.36. The van der Waals surface area contributed by atoms with Gasteiger partial charge < -0.3 is 10.2 Å². The topological polar surface area (TPSA) is 76.4 Å². The van der Waals surface area contributed by atoms with Gasteiger partial charge in [-0.1, -0.05) is 0 Å². The van der Waals surface area contributed by atoms with Gasteiger partial charge in [0.25, 0.3) is 5.91 Å². The summed E-state index contributed by atoms with van der Waals surface area (Å²) < 4.78 is 54.9. The van der Waals surface area contributed by atoms with Gasteiger partial charge in [-0.05, 0) is 49.0 Å². The van der Waals surface area contributed by atoms with E-state index < -0.39 is 34.9 Å². The Morgan fingerprint density at radius 2 is 1.88 bits per heavy atom. The van der Waals surface area contributed by atoms with E-state index in [2.05, 4.69) is 5.32 Å². The number of hydrogen-bond donors (Lipinski definition) is 1. The highest BCUT2D eigenvalue weighted by atomic mass is 32.1. The lowest BCUT2D eigenvalue weighted by atomic mass is 10.1. The first-order valence-corrected chi connectivity index (χ1v) is 9.89. The van der Waals surface area contributed by atoms with E-state index in [-0.39, 0.29) is 47.1 Å². The number of nitrogens with one attached hydrogen (secondary N) is 1. The molecule has 0 unspecified atom stereocenters. The molecule has 0 aliphatic carbocycles. The maximum Gasteiger partial charge on any atom is 0.417 e. The van der Waals surface area contributed by atoms with Crippen LogP contribution in [0.15, 0.2) is 30.3 Å². The van der Waals surface area contributed by atoms with Crippen LogP contribution >= 0.6 is 12.2 Å². The fourth-order valence-corrected chi connectivity index (χ4v) is 4.15. The molecule has 2 aromatic carbocycles. The van der Waals surface area contributed by atoms with Gasteiger partial charge in [0.05, 0.1) is 22.9 Å². The van der Waals surface area contributed by atoms with Crippen molar-refractivity contribution in [2.45, 2.75) is 25.6 Å². The van der Waals surface area contributed by atoms with Crippen LogP contribution in [0.4, 0.5) is 28.9 Å². The van der Waals surface area contributed by atoms with Crippen LogP contribution in [0.25, 0.3) is 0 Å². The predicted molar refractivity (Wildman–Crippen MR) is 110 cm³/mol. The van der Waals surface area contributed by atoms with E-state index in [4.69, 9.17) is 17.5 Å². The molecule has 1 N–H and O–H groups in total. The minimum Gasteiger partial charge on any atom is -0.348 e. The van der Waals surface area contributed by atoms with Gasteiger partial charge in [0.2, 0.25) is 5.91 Å². The predicted octanol–water partition coefficient (Wildman–Crippen LogP) is 3.88. The molecule has 2 aromatic rings. The third kappa shape index (κ3) is 3.67. The summed E-state index contributed by atoms with van der Waals surface area (Å²) in [5.74, 6) is -1.61. The summed E-state index contributed by atoms with van der Waals surface area (Å²) in [7, 11) is 0. The molecular weight excluding hydrogens is 448 g/mol. The van der Waals surface area contributed by atoms with Crippen LogP contribution in [-0.4, -0.2) is 23.5 Å². The molecule has 2 amide bonds. The molecular formula is C21H14F4N4O2S. The van der Waals surface area contributed by atoms with Crippen molar-refractivity contribution >= 4 is 40.5 Å². The van der Waals surface area contributed by atoms with Gasteiger partial charge in [-0.15, -0.1) is 0 Å². The Bertz CT molecular complexity index is 1210. The van der Waals surface area contributed by atoms with Crippen LogP contribution in [-0.2, 0) is 17.5 Å². The molecule has 1 saturated heterocycles. The van der Waals surface area contributed by atoms with Crippen LogP contribution in [0.2, 0.25) is 0 Å². The average molecular weight is 462 g/mol. The molecule has 6 nitrogen and oxygen atoms in total. The monoisotopic (exact) mass is 462 g/mol. The number of fused-ring (bicyclic) bond motifs is 1. The van der Waals surface area contributed by atoms with E-state index in [0.29, 0.717) is 12.5 Å². The number of benzene rings is 2. The summed E-state index contributed by atoms with van der Waals surface area (Å²) >= 11 is 5.44. The molecule has 0 atom stereocenters. The van der Waals surface area contributed by atoms with E-state index in [1.807, 2.05) is 0 Å². The average Bonchev–Trinajstić information content (AvgIpc) is 3.04. The number of nitrogens with zero attached hydrogens (tertiary/aromatic N) is 3. The highest BCUT2D eigenvalue weighted by molar-refractivity contribution is 7.81. The molecule has 0 saturated carbocycles. The lowest BCUT2D eigenvalue weighted by Crippen LogP contribution is -2.44. The fourth-order valence-electron chi connectivity index (χ4n) is 3.74. The zero-order chi connectivity index (χ0) is 23.2. The molecule has 1 fully saturated rings.